The van der Waals surface area contributed by atoms with Gasteiger partial charge in [0.15, 0.2) is 0 Å². The van der Waals surface area contributed by atoms with Crippen LogP contribution in [0.15, 0.2) is 0 Å². The molecular formula is C11H20NO. The Morgan fingerprint density at radius 1 is 1.62 bits per heavy atom. The van der Waals surface area contributed by atoms with Gasteiger partial charge in [-0.3, -0.25) is 4.79 Å². The van der Waals surface area contributed by atoms with Crippen LogP contribution in [-0.4, -0.2) is 11.9 Å². The molecule has 13 heavy (non-hydrogen) atoms. The number of carbonyl (C=O) groups is 1. The van der Waals surface area contributed by atoms with Crippen molar-refractivity contribution >= 4 is 6.41 Å². The molecule has 1 radical (unpaired) electrons. The Morgan fingerprint density at radius 3 is 2.69 bits per heavy atom. The summed E-state index contributed by atoms with van der Waals surface area (Å²) in [6, 6.07) is 0. The zero-order valence-corrected chi connectivity index (χ0v) is 8.84. The minimum absolute atomic E-state index is 0.0210. The average Bonchev–Trinajstić information content (AvgIpc) is 2.05. The van der Waals surface area contributed by atoms with Gasteiger partial charge in [0.1, 0.15) is 0 Å². The first-order valence-electron chi connectivity index (χ1n) is 5.12. The number of nitrogens with one attached hydrogen (secondary N) is 1. The van der Waals surface area contributed by atoms with E-state index in [0.717, 1.165) is 31.1 Å². The summed E-state index contributed by atoms with van der Waals surface area (Å²) < 4.78 is 0. The van der Waals surface area contributed by atoms with E-state index < -0.39 is 0 Å². The van der Waals surface area contributed by atoms with E-state index in [9.17, 15) is 4.79 Å². The second kappa shape index (κ2) is 4.12. The molecule has 1 aliphatic carbocycles. The van der Waals surface area contributed by atoms with Gasteiger partial charge in [0, 0.05) is 5.54 Å². The largest absolute Gasteiger partial charge is 0.354 e. The van der Waals surface area contributed by atoms with Crippen LogP contribution in [0.2, 0.25) is 0 Å². The normalized spacial score (nSPS) is 34.6. The topological polar surface area (TPSA) is 29.1 Å². The summed E-state index contributed by atoms with van der Waals surface area (Å²) in [5.74, 6) is 1.47. The molecule has 0 aliphatic heterocycles. The van der Waals surface area contributed by atoms with E-state index in [1.165, 1.54) is 6.42 Å². The van der Waals surface area contributed by atoms with Crippen LogP contribution in [0.3, 0.4) is 0 Å². The quantitative estimate of drug-likeness (QED) is 0.666. The van der Waals surface area contributed by atoms with Crippen molar-refractivity contribution in [2.75, 3.05) is 0 Å². The lowest BCUT2D eigenvalue weighted by Crippen LogP contribution is -2.45. The van der Waals surface area contributed by atoms with Crippen molar-refractivity contribution in [2.24, 2.45) is 11.8 Å². The molecule has 0 aromatic carbocycles. The first kappa shape index (κ1) is 10.6. The van der Waals surface area contributed by atoms with Gasteiger partial charge in [-0.15, -0.1) is 0 Å². The highest BCUT2D eigenvalue weighted by molar-refractivity contribution is 5.48. The number of hydrogen-bond donors (Lipinski definition) is 1. The molecule has 2 heteroatoms. The number of hydrogen-bond acceptors (Lipinski definition) is 1. The Balaban J connectivity index is 2.41. The smallest absolute Gasteiger partial charge is 0.207 e. The zero-order valence-electron chi connectivity index (χ0n) is 8.84. The molecule has 1 amide bonds. The Kier molecular flexibility index (Phi) is 3.34. The Bertz CT molecular complexity index is 169. The summed E-state index contributed by atoms with van der Waals surface area (Å²) in [6.07, 6.45) is 6.50. The van der Waals surface area contributed by atoms with Gasteiger partial charge in [0.05, 0.1) is 0 Å². The molecule has 0 saturated heterocycles. The van der Waals surface area contributed by atoms with E-state index in [4.69, 9.17) is 0 Å². The second-order valence-corrected chi connectivity index (χ2v) is 4.71. The number of amides is 1. The molecule has 1 aliphatic rings. The summed E-state index contributed by atoms with van der Waals surface area (Å²) in [5.41, 5.74) is 0.0210. The maximum Gasteiger partial charge on any atom is 0.207 e. The van der Waals surface area contributed by atoms with Gasteiger partial charge in [-0.05, 0) is 44.4 Å². The highest BCUT2D eigenvalue weighted by Gasteiger charge is 2.31. The molecule has 75 valence electrons. The van der Waals surface area contributed by atoms with Crippen LogP contribution >= 0.6 is 0 Å². The summed E-state index contributed by atoms with van der Waals surface area (Å²) in [6.45, 7) is 6.64. The van der Waals surface area contributed by atoms with E-state index in [1.54, 1.807) is 0 Å². The first-order valence-corrected chi connectivity index (χ1v) is 5.12. The molecular weight excluding hydrogens is 162 g/mol. The molecule has 1 rings (SSSR count). The maximum absolute atomic E-state index is 10.4. The summed E-state index contributed by atoms with van der Waals surface area (Å²) in [7, 11) is 0. The number of rotatable bonds is 3. The van der Waals surface area contributed by atoms with Crippen LogP contribution < -0.4 is 5.32 Å². The summed E-state index contributed by atoms with van der Waals surface area (Å²) >= 11 is 0. The SMILES string of the molecule is CC(C)C1[CH]CC(C)(NC=O)CC1. The van der Waals surface area contributed by atoms with Crippen molar-refractivity contribution in [3.8, 4) is 0 Å². The van der Waals surface area contributed by atoms with Crippen LogP contribution in [0.1, 0.15) is 40.0 Å². The molecule has 1 N–H and O–H groups in total. The molecule has 0 heterocycles. The van der Waals surface area contributed by atoms with Crippen molar-refractivity contribution in [1.82, 2.24) is 5.32 Å². The highest BCUT2D eigenvalue weighted by Crippen LogP contribution is 2.34. The summed E-state index contributed by atoms with van der Waals surface area (Å²) in [5, 5.41) is 2.91. The second-order valence-electron chi connectivity index (χ2n) is 4.71. The van der Waals surface area contributed by atoms with Gasteiger partial charge in [0.25, 0.3) is 0 Å². The third-order valence-electron chi connectivity index (χ3n) is 3.16. The lowest BCUT2D eigenvalue weighted by atomic mass is 9.74. The predicted molar refractivity (Wildman–Crippen MR) is 54.1 cm³/mol. The minimum atomic E-state index is 0.0210. The van der Waals surface area contributed by atoms with Crippen molar-refractivity contribution in [3.63, 3.8) is 0 Å². The predicted octanol–water partition coefficient (Wildman–Crippen LogP) is 2.15. The van der Waals surface area contributed by atoms with Crippen molar-refractivity contribution in [1.29, 1.82) is 0 Å². The average molecular weight is 182 g/mol. The van der Waals surface area contributed by atoms with Crippen LogP contribution in [0, 0.1) is 18.3 Å². The maximum atomic E-state index is 10.4. The molecule has 2 atom stereocenters. The van der Waals surface area contributed by atoms with Gasteiger partial charge in [0.2, 0.25) is 6.41 Å². The van der Waals surface area contributed by atoms with E-state index in [-0.39, 0.29) is 5.54 Å². The highest BCUT2D eigenvalue weighted by atomic mass is 16.1. The molecule has 0 spiro atoms. The Morgan fingerprint density at radius 2 is 2.31 bits per heavy atom. The molecule has 2 unspecified atom stereocenters. The fourth-order valence-corrected chi connectivity index (χ4v) is 2.00. The lowest BCUT2D eigenvalue weighted by Gasteiger charge is -2.38. The standard InChI is InChI=1S/C11H20NO/c1-9(2)10-4-6-11(3,7-5-10)12-8-13/h4,8-10H,5-7H2,1-3H3,(H,12,13). The van der Waals surface area contributed by atoms with Crippen LogP contribution in [-0.2, 0) is 4.79 Å². The van der Waals surface area contributed by atoms with Gasteiger partial charge >= 0.3 is 0 Å². The van der Waals surface area contributed by atoms with E-state index in [0.29, 0.717) is 0 Å². The molecule has 1 saturated carbocycles. The van der Waals surface area contributed by atoms with Crippen LogP contribution in [0.25, 0.3) is 0 Å². The molecule has 2 nitrogen and oxygen atoms in total. The van der Waals surface area contributed by atoms with Crippen LogP contribution in [0.4, 0.5) is 0 Å². The van der Waals surface area contributed by atoms with E-state index >= 15 is 0 Å². The van der Waals surface area contributed by atoms with Crippen LogP contribution in [0.5, 0.6) is 0 Å². The fraction of sp³-hybridized carbons (Fsp3) is 0.818. The van der Waals surface area contributed by atoms with Gasteiger partial charge in [-0.25, -0.2) is 0 Å². The van der Waals surface area contributed by atoms with E-state index in [2.05, 4.69) is 32.5 Å². The van der Waals surface area contributed by atoms with Gasteiger partial charge in [-0.1, -0.05) is 13.8 Å². The summed E-state index contributed by atoms with van der Waals surface area (Å²) in [4.78, 5) is 10.4. The first-order chi connectivity index (χ1) is 6.07. The van der Waals surface area contributed by atoms with E-state index in [1.807, 2.05) is 0 Å². The third kappa shape index (κ3) is 2.71. The van der Waals surface area contributed by atoms with Gasteiger partial charge in [-0.2, -0.15) is 0 Å². The monoisotopic (exact) mass is 182 g/mol. The fourth-order valence-electron chi connectivity index (χ4n) is 2.00. The Labute approximate surface area is 81.1 Å². The third-order valence-corrected chi connectivity index (χ3v) is 3.16. The van der Waals surface area contributed by atoms with Crippen molar-refractivity contribution in [3.05, 3.63) is 6.42 Å². The Hall–Kier alpha value is -0.530. The van der Waals surface area contributed by atoms with Gasteiger partial charge < -0.3 is 5.32 Å². The zero-order chi connectivity index (χ0) is 9.90. The molecule has 0 bridgehead atoms. The minimum Gasteiger partial charge on any atom is -0.354 e. The molecule has 1 fully saturated rings. The lowest BCUT2D eigenvalue weighted by molar-refractivity contribution is -0.111. The molecule has 0 aromatic rings. The molecule has 0 aromatic heterocycles. The van der Waals surface area contributed by atoms with Crippen molar-refractivity contribution < 1.29 is 4.79 Å². The number of carbonyl (C=O) groups excluding carboxylic acids is 1. The van der Waals surface area contributed by atoms with Crippen molar-refractivity contribution in [2.45, 2.75) is 45.6 Å².